The Morgan fingerprint density at radius 1 is 1.14 bits per heavy atom. The lowest BCUT2D eigenvalue weighted by Crippen LogP contribution is -2.32. The number of nitrogens with two attached hydrogens (primary N) is 1. The summed E-state index contributed by atoms with van der Waals surface area (Å²) in [5, 5.41) is 14.0. The zero-order valence-electron chi connectivity index (χ0n) is 16.1. The quantitative estimate of drug-likeness (QED) is 0.640. The predicted molar refractivity (Wildman–Crippen MR) is 111 cm³/mol. The molecule has 0 aliphatic heterocycles. The van der Waals surface area contributed by atoms with Crippen LogP contribution in [0.5, 0.6) is 0 Å². The van der Waals surface area contributed by atoms with Crippen LogP contribution < -0.4 is 11.1 Å². The monoisotopic (exact) mass is 377 g/mol. The Morgan fingerprint density at radius 3 is 2.57 bits per heavy atom. The van der Waals surface area contributed by atoms with Gasteiger partial charge in [0.2, 0.25) is 5.91 Å². The summed E-state index contributed by atoms with van der Waals surface area (Å²) in [7, 11) is 0. The number of aliphatic hydroxyl groups is 1. The van der Waals surface area contributed by atoms with Crippen molar-refractivity contribution in [1.82, 2.24) is 9.88 Å². The molecule has 5 nitrogen and oxygen atoms in total. The van der Waals surface area contributed by atoms with Crippen LogP contribution in [0.15, 0.2) is 54.6 Å². The second kappa shape index (κ2) is 7.78. The summed E-state index contributed by atoms with van der Waals surface area (Å²) in [4.78, 5) is 12.4. The van der Waals surface area contributed by atoms with Crippen molar-refractivity contribution in [3.8, 4) is 5.69 Å². The van der Waals surface area contributed by atoms with Crippen molar-refractivity contribution in [2.24, 2.45) is 11.7 Å². The number of amides is 1. The molecule has 1 aromatic heterocycles. The number of hydrogen-bond acceptors (Lipinski definition) is 3. The summed E-state index contributed by atoms with van der Waals surface area (Å²) in [6.45, 7) is 2.71. The maximum atomic E-state index is 12.4. The van der Waals surface area contributed by atoms with Crippen molar-refractivity contribution in [3.05, 3.63) is 65.9 Å². The molecule has 0 spiro atoms. The molecule has 0 unspecified atom stereocenters. The molecule has 3 atom stereocenters. The number of aliphatic hydroxyl groups excluding tert-OH is 1. The highest BCUT2D eigenvalue weighted by Gasteiger charge is 2.34. The van der Waals surface area contributed by atoms with Crippen LogP contribution >= 0.6 is 0 Å². The van der Waals surface area contributed by atoms with E-state index in [0.717, 1.165) is 12.1 Å². The summed E-state index contributed by atoms with van der Waals surface area (Å²) in [6.07, 6.45) is 1.21. The number of aromatic nitrogens is 1. The van der Waals surface area contributed by atoms with Crippen LogP contribution in [-0.2, 0) is 11.2 Å². The number of hydrogen-bond donors (Lipinski definition) is 3. The molecule has 1 fully saturated rings. The van der Waals surface area contributed by atoms with Gasteiger partial charge in [-0.05, 0) is 49.9 Å². The fraction of sp³-hybridized carbons (Fsp3) is 0.348. The summed E-state index contributed by atoms with van der Waals surface area (Å²) in [5.74, 6) is -0.187. The van der Waals surface area contributed by atoms with E-state index in [2.05, 4.69) is 53.2 Å². The molecule has 146 valence electrons. The summed E-state index contributed by atoms with van der Waals surface area (Å²) >= 11 is 0. The first-order valence-corrected chi connectivity index (χ1v) is 9.92. The second-order valence-electron chi connectivity index (χ2n) is 7.69. The highest BCUT2D eigenvalue weighted by molar-refractivity contribution is 5.87. The van der Waals surface area contributed by atoms with E-state index in [9.17, 15) is 9.90 Å². The Kier molecular flexibility index (Phi) is 5.20. The number of carbonyl (C=O) groups excluding carboxylic acids is 1. The van der Waals surface area contributed by atoms with Crippen molar-refractivity contribution in [2.75, 3.05) is 6.54 Å². The predicted octanol–water partition coefficient (Wildman–Crippen LogP) is 2.70. The van der Waals surface area contributed by atoms with E-state index in [0.29, 0.717) is 19.4 Å². The van der Waals surface area contributed by atoms with E-state index in [1.54, 1.807) is 0 Å². The molecule has 3 aromatic rings. The number of nitrogens with one attached hydrogen (secondary N) is 1. The van der Waals surface area contributed by atoms with E-state index >= 15 is 0 Å². The minimum Gasteiger partial charge on any atom is -0.391 e. The zero-order chi connectivity index (χ0) is 19.7. The van der Waals surface area contributed by atoms with Crippen molar-refractivity contribution in [3.63, 3.8) is 0 Å². The fourth-order valence-corrected chi connectivity index (χ4v) is 4.38. The van der Waals surface area contributed by atoms with Gasteiger partial charge in [0.05, 0.1) is 11.6 Å². The normalized spacial score (nSPS) is 21.9. The number of carbonyl (C=O) groups is 1. The van der Waals surface area contributed by atoms with Crippen LogP contribution in [0, 0.1) is 12.8 Å². The van der Waals surface area contributed by atoms with Gasteiger partial charge in [0.25, 0.3) is 0 Å². The molecule has 28 heavy (non-hydrogen) atoms. The Morgan fingerprint density at radius 2 is 1.86 bits per heavy atom. The number of para-hydroxylation sites is 2. The molecule has 1 saturated carbocycles. The van der Waals surface area contributed by atoms with Crippen molar-refractivity contribution < 1.29 is 9.90 Å². The molecule has 1 heterocycles. The lowest BCUT2D eigenvalue weighted by atomic mass is 10.1. The first-order valence-electron chi connectivity index (χ1n) is 9.92. The van der Waals surface area contributed by atoms with Crippen LogP contribution in [0.3, 0.4) is 0 Å². The molecule has 5 heteroatoms. The van der Waals surface area contributed by atoms with Gasteiger partial charge >= 0.3 is 0 Å². The van der Waals surface area contributed by atoms with Gasteiger partial charge < -0.3 is 20.7 Å². The summed E-state index contributed by atoms with van der Waals surface area (Å²) in [6, 6.07) is 18.4. The zero-order valence-corrected chi connectivity index (χ0v) is 16.1. The molecule has 4 rings (SSSR count). The van der Waals surface area contributed by atoms with Gasteiger partial charge in [-0.15, -0.1) is 0 Å². The average Bonchev–Trinajstić information content (AvgIpc) is 3.19. The Labute approximate surface area is 165 Å². The molecule has 1 aliphatic carbocycles. The van der Waals surface area contributed by atoms with Gasteiger partial charge in [-0.3, -0.25) is 4.79 Å². The summed E-state index contributed by atoms with van der Waals surface area (Å²) in [5.41, 5.74) is 10.6. The Balaban J connectivity index is 1.53. The minimum absolute atomic E-state index is 0.00329. The second-order valence-corrected chi connectivity index (χ2v) is 7.69. The Hall–Kier alpha value is -2.63. The highest BCUT2D eigenvalue weighted by atomic mass is 16.3. The average molecular weight is 377 g/mol. The highest BCUT2D eigenvalue weighted by Crippen LogP contribution is 2.29. The van der Waals surface area contributed by atoms with Gasteiger partial charge in [-0.25, -0.2) is 0 Å². The standard InChI is InChI=1S/C23H27N3O2/c1-15-18(11-12-25-23(28)16-13-20(24)22(27)14-16)19-9-5-6-10-21(19)26(15)17-7-3-2-4-8-17/h2-10,16,20,22,27H,11-14,24H2,1H3,(H,25,28)/t16-,20-,22-/m0/s1. The van der Waals surface area contributed by atoms with Crippen LogP contribution in [0.2, 0.25) is 0 Å². The largest absolute Gasteiger partial charge is 0.391 e. The van der Waals surface area contributed by atoms with Crippen molar-refractivity contribution in [2.45, 2.75) is 38.3 Å². The third kappa shape index (κ3) is 3.43. The number of nitrogens with zero attached hydrogens (tertiary/aromatic N) is 1. The maximum absolute atomic E-state index is 12.4. The first kappa shape index (κ1) is 18.7. The van der Waals surface area contributed by atoms with Crippen molar-refractivity contribution in [1.29, 1.82) is 0 Å². The molecule has 1 aliphatic rings. The third-order valence-electron chi connectivity index (χ3n) is 5.88. The minimum atomic E-state index is -0.568. The maximum Gasteiger partial charge on any atom is 0.223 e. The third-order valence-corrected chi connectivity index (χ3v) is 5.88. The van der Waals surface area contributed by atoms with Crippen LogP contribution in [0.25, 0.3) is 16.6 Å². The Bertz CT molecular complexity index is 970. The summed E-state index contributed by atoms with van der Waals surface area (Å²) < 4.78 is 2.28. The van der Waals surface area contributed by atoms with E-state index in [1.165, 1.54) is 22.2 Å². The molecular formula is C23H27N3O2. The topological polar surface area (TPSA) is 80.3 Å². The molecule has 0 radical (unpaired) electrons. The smallest absolute Gasteiger partial charge is 0.223 e. The lowest BCUT2D eigenvalue weighted by Gasteiger charge is -2.11. The fourth-order valence-electron chi connectivity index (χ4n) is 4.38. The number of fused-ring (bicyclic) bond motifs is 1. The molecule has 0 saturated heterocycles. The number of rotatable bonds is 5. The van der Waals surface area contributed by atoms with Gasteiger partial charge in [-0.2, -0.15) is 0 Å². The lowest BCUT2D eigenvalue weighted by molar-refractivity contribution is -0.125. The van der Waals surface area contributed by atoms with E-state index < -0.39 is 6.10 Å². The van der Waals surface area contributed by atoms with Gasteiger partial charge in [0.15, 0.2) is 0 Å². The molecule has 0 bridgehead atoms. The van der Waals surface area contributed by atoms with E-state index in [4.69, 9.17) is 5.73 Å². The van der Waals surface area contributed by atoms with Gasteiger partial charge in [-0.1, -0.05) is 36.4 Å². The van der Waals surface area contributed by atoms with Gasteiger partial charge in [0.1, 0.15) is 0 Å². The SMILES string of the molecule is Cc1c(CCNC(=O)[C@H]2C[C@H](N)[C@@H](O)C2)c2ccccc2n1-c1ccccc1. The van der Waals surface area contributed by atoms with Gasteiger partial charge in [0, 0.05) is 35.3 Å². The molecule has 4 N–H and O–H groups in total. The number of benzene rings is 2. The van der Waals surface area contributed by atoms with E-state index in [1.807, 2.05) is 18.2 Å². The molecular weight excluding hydrogens is 350 g/mol. The molecule has 2 aromatic carbocycles. The van der Waals surface area contributed by atoms with E-state index in [-0.39, 0.29) is 17.9 Å². The first-order chi connectivity index (χ1) is 13.6. The van der Waals surface area contributed by atoms with Crippen LogP contribution in [-0.4, -0.2) is 34.3 Å². The van der Waals surface area contributed by atoms with Crippen LogP contribution in [0.1, 0.15) is 24.1 Å². The molecule has 1 amide bonds. The van der Waals surface area contributed by atoms with Crippen molar-refractivity contribution >= 4 is 16.8 Å². The van der Waals surface area contributed by atoms with Crippen LogP contribution in [0.4, 0.5) is 0 Å².